The number of hydrogen-bond donors (Lipinski definition) is 1. The maximum absolute atomic E-state index is 11.8. The number of pyridine rings is 1. The molecule has 0 spiro atoms. The van der Waals surface area contributed by atoms with E-state index in [0.29, 0.717) is 29.4 Å². The van der Waals surface area contributed by atoms with Gasteiger partial charge < -0.3 is 10.2 Å². The third-order valence-corrected chi connectivity index (χ3v) is 6.89. The van der Waals surface area contributed by atoms with Crippen LogP contribution in [0.3, 0.4) is 0 Å². The smallest absolute Gasteiger partial charge is 0.225 e. The molecule has 11 nitrogen and oxygen atoms in total. The van der Waals surface area contributed by atoms with Crippen molar-refractivity contribution < 1.29 is 8.42 Å². The predicted octanol–water partition coefficient (Wildman–Crippen LogP) is 2.62. The van der Waals surface area contributed by atoms with E-state index in [0.717, 1.165) is 48.6 Å². The van der Waals surface area contributed by atoms with Crippen molar-refractivity contribution in [3.05, 3.63) is 60.1 Å². The highest BCUT2D eigenvalue weighted by Crippen LogP contribution is 2.26. The highest BCUT2D eigenvalue weighted by molar-refractivity contribution is 7.90. The Hall–Kier alpha value is -3.93. The van der Waals surface area contributed by atoms with Gasteiger partial charge in [0.05, 0.1) is 11.4 Å². The molecule has 12 heteroatoms. The third-order valence-electron chi connectivity index (χ3n) is 5.90. The molecule has 5 heterocycles. The fourth-order valence-electron chi connectivity index (χ4n) is 3.89. The quantitative estimate of drug-likeness (QED) is 0.429. The largest absolute Gasteiger partial charge is 0.337 e. The first-order chi connectivity index (χ1) is 16.8. The SMILES string of the molecule is CCc1cnc(N2CC=C(c3nnc4c(Nc5ccc(S(C)(=O)=O)nc5C)nccn34)CC2)nc1. The summed E-state index contributed by atoms with van der Waals surface area (Å²) in [5, 5.41) is 12.0. The van der Waals surface area contributed by atoms with E-state index in [2.05, 4.69) is 53.3 Å². The van der Waals surface area contributed by atoms with Crippen molar-refractivity contribution in [1.29, 1.82) is 0 Å². The molecule has 4 aromatic heterocycles. The predicted molar refractivity (Wildman–Crippen MR) is 132 cm³/mol. The number of aryl methyl sites for hydroxylation is 2. The van der Waals surface area contributed by atoms with Gasteiger partial charge in [-0.3, -0.25) is 4.40 Å². The summed E-state index contributed by atoms with van der Waals surface area (Å²) in [6.07, 6.45) is 12.2. The van der Waals surface area contributed by atoms with Gasteiger partial charge in [-0.25, -0.2) is 28.4 Å². The van der Waals surface area contributed by atoms with Gasteiger partial charge in [-0.15, -0.1) is 10.2 Å². The van der Waals surface area contributed by atoms with Crippen molar-refractivity contribution >= 4 is 38.5 Å². The first-order valence-corrected chi connectivity index (χ1v) is 13.1. The van der Waals surface area contributed by atoms with Gasteiger partial charge in [0, 0.05) is 44.1 Å². The van der Waals surface area contributed by atoms with Crippen molar-refractivity contribution in [3.8, 4) is 0 Å². The molecule has 0 atom stereocenters. The zero-order valence-electron chi connectivity index (χ0n) is 19.7. The average Bonchev–Trinajstić information content (AvgIpc) is 3.30. The fraction of sp³-hybridized carbons (Fsp3) is 0.304. The van der Waals surface area contributed by atoms with Gasteiger partial charge in [-0.05, 0) is 43.0 Å². The standard InChI is InChI=1S/C23H25N9O2S/c1-4-16-13-25-23(26-14-16)31-10-7-17(8-11-31)21-29-30-22-20(24-9-12-32(21)22)28-18-5-6-19(27-15(18)2)35(3,33)34/h5-7,9,12-14H,4,8,10-11H2,1-3H3,(H,24,28). The number of nitrogens with zero attached hydrogens (tertiary/aromatic N) is 8. The maximum Gasteiger partial charge on any atom is 0.225 e. The van der Waals surface area contributed by atoms with Crippen molar-refractivity contribution in [2.45, 2.75) is 31.7 Å². The summed E-state index contributed by atoms with van der Waals surface area (Å²) in [5.74, 6) is 1.99. The van der Waals surface area contributed by atoms with Crippen molar-refractivity contribution in [3.63, 3.8) is 0 Å². The number of hydrogen-bond acceptors (Lipinski definition) is 10. The Morgan fingerprint density at radius 1 is 1.11 bits per heavy atom. The van der Waals surface area contributed by atoms with Gasteiger partial charge in [-0.1, -0.05) is 13.0 Å². The number of fused-ring (bicyclic) bond motifs is 1. The van der Waals surface area contributed by atoms with Crippen LogP contribution >= 0.6 is 0 Å². The van der Waals surface area contributed by atoms with E-state index in [1.807, 2.05) is 23.0 Å². The van der Waals surface area contributed by atoms with E-state index >= 15 is 0 Å². The Kier molecular flexibility index (Phi) is 5.89. The van der Waals surface area contributed by atoms with E-state index in [9.17, 15) is 8.42 Å². The molecule has 0 aliphatic carbocycles. The molecule has 180 valence electrons. The summed E-state index contributed by atoms with van der Waals surface area (Å²) in [6, 6.07) is 3.15. The van der Waals surface area contributed by atoms with Crippen molar-refractivity contribution in [2.24, 2.45) is 0 Å². The second kappa shape index (κ2) is 9.02. The molecule has 0 unspecified atom stereocenters. The monoisotopic (exact) mass is 491 g/mol. The van der Waals surface area contributed by atoms with Crippen LogP contribution in [0, 0.1) is 6.92 Å². The first kappa shape index (κ1) is 22.8. The lowest BCUT2D eigenvalue weighted by Crippen LogP contribution is -2.30. The molecule has 0 saturated carbocycles. The van der Waals surface area contributed by atoms with E-state index < -0.39 is 9.84 Å². The van der Waals surface area contributed by atoms with Crippen LogP contribution in [0.4, 0.5) is 17.5 Å². The molecule has 1 aliphatic rings. The average molecular weight is 492 g/mol. The van der Waals surface area contributed by atoms with E-state index in [4.69, 9.17) is 0 Å². The molecular weight excluding hydrogens is 466 g/mol. The fourth-order valence-corrected chi connectivity index (χ4v) is 4.50. The lowest BCUT2D eigenvalue weighted by Gasteiger charge is -2.25. The van der Waals surface area contributed by atoms with Crippen LogP contribution in [0.25, 0.3) is 11.2 Å². The topological polar surface area (TPSA) is 131 Å². The second-order valence-corrected chi connectivity index (χ2v) is 10.3. The number of aromatic nitrogens is 7. The van der Waals surface area contributed by atoms with Gasteiger partial charge in [0.15, 0.2) is 26.5 Å². The molecular formula is C23H25N9O2S. The number of rotatable bonds is 6. The van der Waals surface area contributed by atoms with Gasteiger partial charge >= 0.3 is 0 Å². The summed E-state index contributed by atoms with van der Waals surface area (Å²) in [5.41, 5.74) is 3.96. The minimum absolute atomic E-state index is 0.0291. The van der Waals surface area contributed by atoms with Crippen LogP contribution in [0.5, 0.6) is 0 Å². The molecule has 0 amide bonds. The molecule has 35 heavy (non-hydrogen) atoms. The van der Waals surface area contributed by atoms with Gasteiger partial charge in [0.1, 0.15) is 0 Å². The Bertz CT molecular complexity index is 1530. The van der Waals surface area contributed by atoms with Gasteiger partial charge in [0.2, 0.25) is 11.6 Å². The normalized spacial score (nSPS) is 14.3. The minimum Gasteiger partial charge on any atom is -0.337 e. The molecule has 0 saturated heterocycles. The molecule has 0 radical (unpaired) electrons. The zero-order valence-corrected chi connectivity index (χ0v) is 20.5. The van der Waals surface area contributed by atoms with Gasteiger partial charge in [0.25, 0.3) is 0 Å². The van der Waals surface area contributed by atoms with Crippen LogP contribution in [0.2, 0.25) is 0 Å². The lowest BCUT2D eigenvalue weighted by molar-refractivity contribution is 0.598. The molecule has 0 aromatic carbocycles. The maximum atomic E-state index is 11.8. The zero-order chi connectivity index (χ0) is 24.6. The Balaban J connectivity index is 1.39. The van der Waals surface area contributed by atoms with E-state index in [-0.39, 0.29) is 5.03 Å². The number of anilines is 3. The molecule has 1 N–H and O–H groups in total. The Morgan fingerprint density at radius 3 is 2.57 bits per heavy atom. The molecule has 4 aromatic rings. The van der Waals surface area contributed by atoms with Crippen molar-refractivity contribution in [1.82, 2.24) is 34.5 Å². The van der Waals surface area contributed by atoms with Crippen molar-refractivity contribution in [2.75, 3.05) is 29.6 Å². The highest BCUT2D eigenvalue weighted by Gasteiger charge is 2.20. The molecule has 5 rings (SSSR count). The number of sulfone groups is 1. The van der Waals surface area contributed by atoms with Crippen LogP contribution < -0.4 is 10.2 Å². The molecule has 1 aliphatic heterocycles. The molecule has 0 fully saturated rings. The lowest BCUT2D eigenvalue weighted by atomic mass is 10.1. The van der Waals surface area contributed by atoms with Crippen LogP contribution in [-0.2, 0) is 16.3 Å². The Labute approximate surface area is 202 Å². The third kappa shape index (κ3) is 4.56. The minimum atomic E-state index is -3.38. The second-order valence-electron chi connectivity index (χ2n) is 8.34. The summed E-state index contributed by atoms with van der Waals surface area (Å²) in [7, 11) is -3.38. The Morgan fingerprint density at radius 2 is 1.91 bits per heavy atom. The van der Waals surface area contributed by atoms with E-state index in [1.165, 1.54) is 6.07 Å². The number of nitrogens with one attached hydrogen (secondary N) is 1. The molecule has 0 bridgehead atoms. The summed E-state index contributed by atoms with van der Waals surface area (Å²) < 4.78 is 25.5. The highest BCUT2D eigenvalue weighted by atomic mass is 32.2. The summed E-state index contributed by atoms with van der Waals surface area (Å²) in [4.78, 5) is 19.7. The summed E-state index contributed by atoms with van der Waals surface area (Å²) >= 11 is 0. The summed E-state index contributed by atoms with van der Waals surface area (Å²) in [6.45, 7) is 5.29. The van der Waals surface area contributed by atoms with Crippen LogP contribution in [0.15, 0.2) is 48.0 Å². The first-order valence-electron chi connectivity index (χ1n) is 11.2. The van der Waals surface area contributed by atoms with Crippen LogP contribution in [-0.4, -0.2) is 62.3 Å². The van der Waals surface area contributed by atoms with Crippen LogP contribution in [0.1, 0.15) is 30.4 Å². The van der Waals surface area contributed by atoms with E-state index in [1.54, 1.807) is 19.2 Å². The van der Waals surface area contributed by atoms with Gasteiger partial charge in [-0.2, -0.15) is 0 Å².